The van der Waals surface area contributed by atoms with Gasteiger partial charge in [-0.05, 0) is 42.3 Å². The van der Waals surface area contributed by atoms with Crippen LogP contribution in [-0.2, 0) is 17.0 Å². The molecule has 1 aliphatic heterocycles. The summed E-state index contributed by atoms with van der Waals surface area (Å²) in [6.07, 6.45) is 3.44. The van der Waals surface area contributed by atoms with Crippen LogP contribution in [0.4, 0.5) is 5.82 Å². The van der Waals surface area contributed by atoms with E-state index in [1.165, 1.54) is 0 Å². The summed E-state index contributed by atoms with van der Waals surface area (Å²) in [5.41, 5.74) is 3.66. The Morgan fingerprint density at radius 3 is 2.71 bits per heavy atom. The highest BCUT2D eigenvalue weighted by Gasteiger charge is 2.14. The molecule has 1 amide bonds. The number of pyridine rings is 1. The second-order valence-corrected chi connectivity index (χ2v) is 8.22. The molecule has 31 heavy (non-hydrogen) atoms. The maximum absolute atomic E-state index is 12.5. The molecule has 7 nitrogen and oxygen atoms in total. The molecule has 0 aliphatic carbocycles. The molecule has 1 saturated heterocycles. The van der Waals surface area contributed by atoms with E-state index in [-0.39, 0.29) is 5.91 Å². The Morgan fingerprint density at radius 2 is 1.90 bits per heavy atom. The lowest BCUT2D eigenvalue weighted by atomic mass is 10.1. The zero-order valence-electron chi connectivity index (χ0n) is 17.5. The number of hydrogen-bond donors (Lipinski definition) is 1. The van der Waals surface area contributed by atoms with Gasteiger partial charge in [0, 0.05) is 55.1 Å². The number of amides is 1. The van der Waals surface area contributed by atoms with Gasteiger partial charge in [0.15, 0.2) is 5.16 Å². The summed E-state index contributed by atoms with van der Waals surface area (Å²) in [6, 6.07) is 13.5. The third kappa shape index (κ3) is 6.02. The molecule has 3 heterocycles. The van der Waals surface area contributed by atoms with Gasteiger partial charge >= 0.3 is 0 Å². The van der Waals surface area contributed by atoms with Crippen LogP contribution in [0.5, 0.6) is 0 Å². The molecule has 4 rings (SSSR count). The van der Waals surface area contributed by atoms with E-state index in [9.17, 15) is 4.79 Å². The molecule has 1 N–H and O–H groups in total. The van der Waals surface area contributed by atoms with Gasteiger partial charge in [0.1, 0.15) is 5.82 Å². The number of nitrogens with zero attached hydrogens (tertiary/aromatic N) is 4. The van der Waals surface area contributed by atoms with Gasteiger partial charge < -0.3 is 15.0 Å². The maximum Gasteiger partial charge on any atom is 0.251 e. The molecule has 0 saturated carbocycles. The first-order valence-corrected chi connectivity index (χ1v) is 11.2. The molecule has 0 unspecified atom stereocenters. The lowest BCUT2D eigenvalue weighted by molar-refractivity contribution is 0.0951. The van der Waals surface area contributed by atoms with Gasteiger partial charge in [0.05, 0.1) is 13.2 Å². The number of anilines is 1. The average molecular weight is 436 g/mol. The van der Waals surface area contributed by atoms with Crippen molar-refractivity contribution in [3.63, 3.8) is 0 Å². The standard InChI is InChI=1S/C23H25N5O2S/c1-17-13-21(28-9-11-30-12-10-28)27-23(26-17)31-16-19-3-2-4-20(14-19)22(29)25-15-18-5-7-24-8-6-18/h2-8,13-14H,9-12,15-16H2,1H3,(H,25,29). The Balaban J connectivity index is 1.38. The van der Waals surface area contributed by atoms with E-state index >= 15 is 0 Å². The van der Waals surface area contributed by atoms with Crippen LogP contribution < -0.4 is 10.2 Å². The second kappa shape index (κ2) is 10.4. The summed E-state index contributed by atoms with van der Waals surface area (Å²) in [5.74, 6) is 1.55. The summed E-state index contributed by atoms with van der Waals surface area (Å²) < 4.78 is 5.43. The van der Waals surface area contributed by atoms with E-state index in [2.05, 4.69) is 20.2 Å². The fourth-order valence-corrected chi connectivity index (χ4v) is 4.12. The Morgan fingerprint density at radius 1 is 1.10 bits per heavy atom. The minimum Gasteiger partial charge on any atom is -0.378 e. The topological polar surface area (TPSA) is 80.2 Å². The first-order chi connectivity index (χ1) is 15.2. The Hall–Kier alpha value is -2.97. The van der Waals surface area contributed by atoms with Crippen LogP contribution in [0.3, 0.4) is 0 Å². The molecular weight excluding hydrogens is 410 g/mol. The van der Waals surface area contributed by atoms with Crippen molar-refractivity contribution in [2.75, 3.05) is 31.2 Å². The number of thioether (sulfide) groups is 1. The molecule has 1 aliphatic rings. The van der Waals surface area contributed by atoms with Crippen LogP contribution in [0.15, 0.2) is 60.0 Å². The number of carbonyl (C=O) groups excluding carboxylic acids is 1. The zero-order chi connectivity index (χ0) is 21.5. The SMILES string of the molecule is Cc1cc(N2CCOCC2)nc(SCc2cccc(C(=O)NCc3ccncc3)c2)n1. The van der Waals surface area contributed by atoms with Crippen LogP contribution >= 0.6 is 11.8 Å². The molecule has 8 heteroatoms. The second-order valence-electron chi connectivity index (χ2n) is 7.28. The number of benzene rings is 1. The number of morpholine rings is 1. The fourth-order valence-electron chi connectivity index (χ4n) is 3.28. The Kier molecular flexibility index (Phi) is 7.11. The van der Waals surface area contributed by atoms with Crippen molar-refractivity contribution in [2.24, 2.45) is 0 Å². The van der Waals surface area contributed by atoms with Crippen molar-refractivity contribution in [1.29, 1.82) is 0 Å². The molecule has 0 atom stereocenters. The highest BCUT2D eigenvalue weighted by molar-refractivity contribution is 7.98. The van der Waals surface area contributed by atoms with Gasteiger partial charge in [-0.1, -0.05) is 23.9 Å². The van der Waals surface area contributed by atoms with Gasteiger partial charge in [-0.3, -0.25) is 9.78 Å². The summed E-state index contributed by atoms with van der Waals surface area (Å²) in [5, 5.41) is 3.70. The molecule has 0 radical (unpaired) electrons. The highest BCUT2D eigenvalue weighted by Crippen LogP contribution is 2.23. The molecule has 160 valence electrons. The van der Waals surface area contributed by atoms with E-state index < -0.39 is 0 Å². The lowest BCUT2D eigenvalue weighted by Crippen LogP contribution is -2.36. The number of aromatic nitrogens is 3. The van der Waals surface area contributed by atoms with E-state index in [1.807, 2.05) is 49.4 Å². The molecule has 2 aromatic heterocycles. The van der Waals surface area contributed by atoms with Gasteiger partial charge in [-0.15, -0.1) is 0 Å². The number of ether oxygens (including phenoxy) is 1. The van der Waals surface area contributed by atoms with E-state index in [4.69, 9.17) is 9.72 Å². The van der Waals surface area contributed by atoms with Crippen molar-refractivity contribution < 1.29 is 9.53 Å². The highest BCUT2D eigenvalue weighted by atomic mass is 32.2. The van der Waals surface area contributed by atoms with Crippen LogP contribution in [0.2, 0.25) is 0 Å². The van der Waals surface area contributed by atoms with Crippen molar-refractivity contribution >= 4 is 23.5 Å². The largest absolute Gasteiger partial charge is 0.378 e. The first kappa shape index (κ1) is 21.3. The summed E-state index contributed by atoms with van der Waals surface area (Å²) in [7, 11) is 0. The van der Waals surface area contributed by atoms with E-state index in [1.54, 1.807) is 24.2 Å². The Bertz CT molecular complexity index is 1030. The van der Waals surface area contributed by atoms with Gasteiger partial charge in [-0.25, -0.2) is 9.97 Å². The van der Waals surface area contributed by atoms with Crippen LogP contribution in [-0.4, -0.2) is 47.2 Å². The van der Waals surface area contributed by atoms with E-state index in [0.717, 1.165) is 54.1 Å². The van der Waals surface area contributed by atoms with Crippen molar-refractivity contribution in [3.8, 4) is 0 Å². The molecule has 0 bridgehead atoms. The number of rotatable bonds is 7. The number of carbonyl (C=O) groups is 1. The van der Waals surface area contributed by atoms with E-state index in [0.29, 0.717) is 17.9 Å². The molecule has 1 aromatic carbocycles. The minimum absolute atomic E-state index is 0.0925. The normalized spacial score (nSPS) is 13.8. The monoisotopic (exact) mass is 435 g/mol. The van der Waals surface area contributed by atoms with Crippen LogP contribution in [0.25, 0.3) is 0 Å². The number of aryl methyl sites for hydroxylation is 1. The molecule has 0 spiro atoms. The summed E-state index contributed by atoms with van der Waals surface area (Å²) >= 11 is 1.58. The lowest BCUT2D eigenvalue weighted by Gasteiger charge is -2.28. The number of nitrogens with one attached hydrogen (secondary N) is 1. The smallest absolute Gasteiger partial charge is 0.251 e. The first-order valence-electron chi connectivity index (χ1n) is 10.2. The summed E-state index contributed by atoms with van der Waals surface area (Å²) in [4.78, 5) is 28.1. The fraction of sp³-hybridized carbons (Fsp3) is 0.304. The quantitative estimate of drug-likeness (QED) is 0.451. The van der Waals surface area contributed by atoms with Gasteiger partial charge in [0.25, 0.3) is 5.91 Å². The predicted octanol–water partition coefficient (Wildman–Crippen LogP) is 3.24. The van der Waals surface area contributed by atoms with Gasteiger partial charge in [0.2, 0.25) is 0 Å². The Labute approximate surface area is 186 Å². The van der Waals surface area contributed by atoms with Crippen molar-refractivity contribution in [1.82, 2.24) is 20.3 Å². The molecule has 3 aromatic rings. The predicted molar refractivity (Wildman–Crippen MR) is 121 cm³/mol. The van der Waals surface area contributed by atoms with Crippen molar-refractivity contribution in [3.05, 3.63) is 77.2 Å². The zero-order valence-corrected chi connectivity index (χ0v) is 18.3. The van der Waals surface area contributed by atoms with Crippen LogP contribution in [0.1, 0.15) is 27.2 Å². The van der Waals surface area contributed by atoms with Crippen LogP contribution in [0, 0.1) is 6.92 Å². The number of hydrogen-bond acceptors (Lipinski definition) is 7. The molecule has 1 fully saturated rings. The van der Waals surface area contributed by atoms with Gasteiger partial charge in [-0.2, -0.15) is 0 Å². The maximum atomic E-state index is 12.5. The summed E-state index contributed by atoms with van der Waals surface area (Å²) in [6.45, 7) is 5.60. The third-order valence-corrected chi connectivity index (χ3v) is 5.83. The average Bonchev–Trinajstić information content (AvgIpc) is 2.82. The minimum atomic E-state index is -0.0925. The van der Waals surface area contributed by atoms with Crippen molar-refractivity contribution in [2.45, 2.75) is 24.4 Å². The molecular formula is C23H25N5O2S. The third-order valence-electron chi connectivity index (χ3n) is 4.91.